The number of aryl methyl sites for hydroxylation is 2. The summed E-state index contributed by atoms with van der Waals surface area (Å²) < 4.78 is 24.4. The highest BCUT2D eigenvalue weighted by Crippen LogP contribution is 2.36. The smallest absolute Gasteiger partial charge is 0.289 e. The highest BCUT2D eigenvalue weighted by molar-refractivity contribution is 6.38. The van der Waals surface area contributed by atoms with Crippen molar-refractivity contribution in [2.45, 2.75) is 306 Å². The van der Waals surface area contributed by atoms with Crippen LogP contribution in [0.1, 0.15) is 218 Å². The summed E-state index contributed by atoms with van der Waals surface area (Å²) in [5.41, 5.74) is 14.6. The zero-order valence-electron chi connectivity index (χ0n) is 73.4. The van der Waals surface area contributed by atoms with E-state index in [4.69, 9.17) is 18.9 Å². The lowest BCUT2D eigenvalue weighted by Crippen LogP contribution is -2.61. The molecular formula is C90H138N18O16. The molecule has 5 amide bonds. The predicted molar refractivity (Wildman–Crippen MR) is 467 cm³/mol. The van der Waals surface area contributed by atoms with E-state index < -0.39 is 109 Å². The van der Waals surface area contributed by atoms with Gasteiger partial charge in [-0.05, 0) is 164 Å². The van der Waals surface area contributed by atoms with Crippen molar-refractivity contribution in [2.75, 3.05) is 52.6 Å². The van der Waals surface area contributed by atoms with Crippen LogP contribution in [0.2, 0.25) is 0 Å². The third-order valence-electron chi connectivity index (χ3n) is 24.5. The average Bonchev–Trinajstić information content (AvgIpc) is 1.65. The van der Waals surface area contributed by atoms with Gasteiger partial charge < -0.3 is 75.8 Å². The minimum atomic E-state index is -1.58. The van der Waals surface area contributed by atoms with Crippen molar-refractivity contribution in [3.8, 4) is 11.5 Å². The van der Waals surface area contributed by atoms with E-state index in [-0.39, 0.29) is 92.1 Å². The molecule has 18 N–H and O–H groups in total. The van der Waals surface area contributed by atoms with Crippen molar-refractivity contribution >= 4 is 47.0 Å². The molecule has 0 radical (unpaired) electrons. The first-order chi connectivity index (χ1) is 59.6. The first kappa shape index (κ1) is 96.1. The number of hydrogen-bond acceptors (Lipinski definition) is 29. The van der Waals surface area contributed by atoms with Crippen LogP contribution in [0, 0.1) is 11.8 Å². The number of aliphatic hydroxyl groups excluding tert-OH is 6. The summed E-state index contributed by atoms with van der Waals surface area (Å²) >= 11 is 0. The molecule has 2 saturated heterocycles. The molecular weight excluding hydrogens is 1590 g/mol. The van der Waals surface area contributed by atoms with Crippen LogP contribution in [0.25, 0.3) is 0 Å². The van der Waals surface area contributed by atoms with Crippen LogP contribution in [0.3, 0.4) is 0 Å². The molecule has 8 aliphatic heterocycles. The molecule has 4 aromatic rings. The quantitative estimate of drug-likeness (QED) is 0.0280. The van der Waals surface area contributed by atoms with E-state index in [0.717, 1.165) is 98.0 Å². The highest BCUT2D eigenvalue weighted by Gasteiger charge is 2.49. The summed E-state index contributed by atoms with van der Waals surface area (Å²) in [5.74, 6) is -0.488. The predicted octanol–water partition coefficient (Wildman–Crippen LogP) is 4.19. The van der Waals surface area contributed by atoms with E-state index >= 15 is 0 Å². The average molecular weight is 1730 g/mol. The van der Waals surface area contributed by atoms with Crippen molar-refractivity contribution in [3.05, 3.63) is 131 Å². The number of amidine groups is 2. The zero-order valence-corrected chi connectivity index (χ0v) is 73.4. The molecule has 34 heteroatoms. The van der Waals surface area contributed by atoms with Gasteiger partial charge in [-0.25, -0.2) is 11.1 Å². The van der Waals surface area contributed by atoms with E-state index in [1.165, 1.54) is 0 Å². The third kappa shape index (κ3) is 27.2. The number of hydrogen-bond donors (Lipinski definition) is 18. The lowest BCUT2D eigenvalue weighted by Gasteiger charge is -2.41. The molecule has 34 nitrogen and oxygen atoms in total. The summed E-state index contributed by atoms with van der Waals surface area (Å²) in [6.07, 6.45) is 5.91. The molecule has 2 aliphatic carbocycles. The second-order valence-corrected chi connectivity index (χ2v) is 36.0. The van der Waals surface area contributed by atoms with Crippen LogP contribution in [-0.2, 0) is 51.1 Å². The SMILES string of the molecule is CCCC(N[C@@H](O)[C@@H]1C[C@@H]2CN1C(=O)[C@H](C1CCCCC1)NC(=O)CCc1ccc(cc1)OCCCO2)C(=O)C(=O)NC[C@@H](O)NC(C1=NNNN1C(C)(C)C)c1ccccc1.CCCC(N[C@@H](O)[C@@H]1C[C@@H]2CN1C(O)[C@H](C1CCCCC1)NC(=O)CCc1ccc(cc1)OCCCO2)C(O)C(=O)NC[C@@H](O)NC(C1=NNNN1C(C)(C)C)c1ccccc1. The van der Waals surface area contributed by atoms with Gasteiger partial charge in [-0.3, -0.25) is 65.0 Å². The maximum atomic E-state index is 14.7. The molecule has 4 aromatic carbocycles. The summed E-state index contributed by atoms with van der Waals surface area (Å²) in [6, 6.07) is 28.5. The van der Waals surface area contributed by atoms with E-state index in [1.807, 2.05) is 180 Å². The number of ketones is 1. The first-order valence-corrected chi connectivity index (χ1v) is 45.0. The third-order valence-corrected chi connectivity index (χ3v) is 24.5. The number of amides is 5. The highest BCUT2D eigenvalue weighted by atomic mass is 16.5. The molecule has 8 bridgehead atoms. The number of hydrazine groups is 4. The Kier molecular flexibility index (Phi) is 36.2. The molecule has 0 aromatic heterocycles. The largest absolute Gasteiger partial charge is 0.494 e. The van der Waals surface area contributed by atoms with Crippen molar-refractivity contribution in [2.24, 2.45) is 22.0 Å². The molecule has 124 heavy (non-hydrogen) atoms. The van der Waals surface area contributed by atoms with Gasteiger partial charge in [-0.15, -0.1) is 21.3 Å². The van der Waals surface area contributed by atoms with Crippen LogP contribution >= 0.6 is 0 Å². The molecule has 7 unspecified atom stereocenters. The molecule has 2 saturated carbocycles. The topological polar surface area (TPSA) is 443 Å². The number of ether oxygens (including phenoxy) is 4. The van der Waals surface area contributed by atoms with E-state index in [0.29, 0.717) is 96.0 Å². The van der Waals surface area contributed by atoms with Gasteiger partial charge in [0.2, 0.25) is 23.5 Å². The minimum absolute atomic E-state index is 0.0542. The maximum Gasteiger partial charge on any atom is 0.289 e. The van der Waals surface area contributed by atoms with E-state index in [9.17, 15) is 59.4 Å². The monoisotopic (exact) mass is 1730 g/mol. The van der Waals surface area contributed by atoms with Gasteiger partial charge >= 0.3 is 0 Å². The lowest BCUT2D eigenvalue weighted by molar-refractivity contribution is -0.143. The van der Waals surface area contributed by atoms with Crippen LogP contribution in [-0.4, -0.2) is 247 Å². The lowest BCUT2D eigenvalue weighted by atomic mass is 9.82. The molecule has 0 spiro atoms. The number of aliphatic hydroxyl groups is 6. The molecule has 4 fully saturated rings. The van der Waals surface area contributed by atoms with E-state index in [1.54, 1.807) is 4.90 Å². The van der Waals surface area contributed by atoms with Crippen LogP contribution in [0.4, 0.5) is 0 Å². The van der Waals surface area contributed by atoms with Gasteiger partial charge in [0, 0.05) is 44.8 Å². The molecule has 14 rings (SSSR count). The Labute approximate surface area is 729 Å². The molecule has 684 valence electrons. The fourth-order valence-corrected chi connectivity index (χ4v) is 17.9. The first-order valence-electron chi connectivity index (χ1n) is 45.0. The summed E-state index contributed by atoms with van der Waals surface area (Å²) in [5, 5.41) is 107. The summed E-state index contributed by atoms with van der Waals surface area (Å²) in [6.45, 7) is 17.5. The van der Waals surface area contributed by atoms with Crippen LogP contribution < -0.4 is 74.1 Å². The molecule has 10 aliphatic rings. The second-order valence-electron chi connectivity index (χ2n) is 36.0. The van der Waals surface area contributed by atoms with Gasteiger partial charge in [-0.2, -0.15) is 0 Å². The number of hydrazone groups is 2. The van der Waals surface area contributed by atoms with Crippen molar-refractivity contribution in [3.63, 3.8) is 0 Å². The minimum Gasteiger partial charge on any atom is -0.494 e. The Morgan fingerprint density at radius 2 is 1.01 bits per heavy atom. The number of fused-ring (bicyclic) bond motifs is 22. The number of nitrogens with zero attached hydrogens (tertiary/aromatic N) is 6. The Bertz CT molecular complexity index is 4060. The Hall–Kier alpha value is -8.56. The number of Topliss-reactive ketones (excluding diaryl/α,β-unsaturated/α-hetero) is 1. The van der Waals surface area contributed by atoms with Gasteiger partial charge in [0.15, 0.2) is 11.7 Å². The maximum absolute atomic E-state index is 14.7. The Morgan fingerprint density at radius 3 is 1.52 bits per heavy atom. The fourth-order valence-electron chi connectivity index (χ4n) is 17.9. The summed E-state index contributed by atoms with van der Waals surface area (Å²) in [7, 11) is 0. The Morgan fingerprint density at radius 1 is 0.532 bits per heavy atom. The number of benzene rings is 4. The number of rotatable bonds is 28. The normalized spacial score (nSPS) is 25.3. The van der Waals surface area contributed by atoms with E-state index in [2.05, 4.69) is 74.9 Å². The van der Waals surface area contributed by atoms with Gasteiger partial charge in [-0.1, -0.05) is 150 Å². The fraction of sp³-hybridized carbons (Fsp3) is 0.644. The number of carbonyl (C=O) groups excluding carboxylic acids is 6. The zero-order chi connectivity index (χ0) is 88.5. The molecule has 8 heterocycles. The van der Waals surface area contributed by atoms with Crippen LogP contribution in [0.5, 0.6) is 11.5 Å². The molecule has 17 atom stereocenters. The van der Waals surface area contributed by atoms with Gasteiger partial charge in [0.25, 0.3) is 11.8 Å². The summed E-state index contributed by atoms with van der Waals surface area (Å²) in [4.78, 5) is 85.9. The second kappa shape index (κ2) is 46.8. The van der Waals surface area contributed by atoms with Gasteiger partial charge in [0.05, 0.1) is 99.1 Å². The van der Waals surface area contributed by atoms with Crippen molar-refractivity contribution in [1.29, 1.82) is 0 Å². The standard InChI is InChI=1S/C45H71N9O8.C45H67N9O8/c2*1-5-13-34(40(57)43(59)46-27-37(56)49-38(30-14-8-6-9-15-30)41-50-51-52-54(41)45(2,3)4)47-42(58)35-26-33-28-53(35)44(60)39(31-16-10-7-11-17-31)48-36(55)23-20-29-18-21-32(22-19-29)61-24-12-25-62-33/h6,8-9,14-15,18-19,21-22,31,33-35,37-40,42,44,47,49,51-52,56-58,60H,5,7,10-13,16-17,20,23-28H2,1-4H3,(H,46,59)(H,48,55);6,8-9,14-15,18-19,21-22,31,33-35,37-39,42,47,49,51-52,56,58H,5,7,10-13,16-17,20,23-28H2,1-4H3,(H,46,59)(H,48,55)/t33-,34?,35+,37-,38?,39+,40?,42+,44?;33-,34?,35+,37-,38?,39+,42+/m11/s1. The van der Waals surface area contributed by atoms with Gasteiger partial charge in [0.1, 0.15) is 54.8 Å². The van der Waals surface area contributed by atoms with Crippen molar-refractivity contribution in [1.82, 2.24) is 84.5 Å². The number of carbonyl (C=O) groups is 6. The van der Waals surface area contributed by atoms with Crippen LogP contribution in [0.15, 0.2) is 119 Å². The Balaban J connectivity index is 0.000000241. The number of nitrogens with one attached hydrogen (secondary N) is 12. The van der Waals surface area contributed by atoms with Crippen molar-refractivity contribution < 1.29 is 78.4 Å².